The van der Waals surface area contributed by atoms with Crippen molar-refractivity contribution in [3.05, 3.63) is 0 Å². The molecule has 0 aromatic heterocycles. The van der Waals surface area contributed by atoms with Crippen LogP contribution in [0.4, 0.5) is 0 Å². The van der Waals surface area contributed by atoms with Crippen LogP contribution in [0.15, 0.2) is 0 Å². The van der Waals surface area contributed by atoms with Crippen LogP contribution in [0.2, 0.25) is 47.2 Å². The molecule has 10 rings (SSSR count). The van der Waals surface area contributed by atoms with Crippen molar-refractivity contribution in [2.75, 3.05) is 13.2 Å². The van der Waals surface area contributed by atoms with Crippen molar-refractivity contribution in [3.8, 4) is 0 Å². The Labute approximate surface area is 77.3 Å². The molecule has 4 atom stereocenters. The Morgan fingerprint density at radius 1 is 0.733 bits per heavy atom. The van der Waals surface area contributed by atoms with Crippen molar-refractivity contribution in [1.29, 1.82) is 0 Å². The molecular formula is C12H14FeO2. The Morgan fingerprint density at radius 3 is 1.27 bits per heavy atom. The van der Waals surface area contributed by atoms with Crippen LogP contribution in [-0.2, 0) is 6.51 Å². The van der Waals surface area contributed by atoms with E-state index >= 15 is 0 Å². The number of fused-ring (bicyclic) bond motifs is 10. The van der Waals surface area contributed by atoms with Gasteiger partial charge >= 0.3 is 77.1 Å². The summed E-state index contributed by atoms with van der Waals surface area (Å²) in [6.07, 6.45) is 0. The van der Waals surface area contributed by atoms with E-state index in [0.29, 0.717) is 21.8 Å². The zero-order valence-electron chi connectivity index (χ0n) is 8.28. The predicted octanol–water partition coefficient (Wildman–Crippen LogP) is 2.10. The molecule has 10 saturated heterocycles. The molecule has 0 saturated carbocycles. The molecule has 3 heteroatoms. The number of rotatable bonds is 2. The second kappa shape index (κ2) is 0.375. The quantitative estimate of drug-likeness (QED) is 0.732. The van der Waals surface area contributed by atoms with Gasteiger partial charge in [0.25, 0.3) is 0 Å². The van der Waals surface area contributed by atoms with Crippen LogP contribution < -0.4 is 0 Å². The van der Waals surface area contributed by atoms with Crippen molar-refractivity contribution in [1.82, 2.24) is 0 Å². The summed E-state index contributed by atoms with van der Waals surface area (Å²) < 4.78 is 0.974. The number of hydrogen-bond acceptors (Lipinski definition) is 2. The summed E-state index contributed by atoms with van der Waals surface area (Å²) in [7, 11) is 0. The molecule has 1 spiro atoms. The van der Waals surface area contributed by atoms with E-state index < -0.39 is 6.51 Å². The molecule has 2 nitrogen and oxygen atoms in total. The van der Waals surface area contributed by atoms with E-state index in [1.54, 1.807) is 0 Å². The topological polar surface area (TPSA) is 40.5 Å². The van der Waals surface area contributed by atoms with E-state index in [1.807, 2.05) is 0 Å². The molecule has 10 fully saturated rings. The molecular weight excluding hydrogens is 232 g/mol. The summed E-state index contributed by atoms with van der Waals surface area (Å²) >= 11 is 0. The summed E-state index contributed by atoms with van der Waals surface area (Å²) in [5, 5.41) is 20.2. The average molecular weight is 246 g/mol. The minimum absolute atomic E-state index is 0.487. The van der Waals surface area contributed by atoms with Crippen molar-refractivity contribution in [2.45, 2.75) is 47.2 Å². The van der Waals surface area contributed by atoms with Gasteiger partial charge in [0.1, 0.15) is 0 Å². The first kappa shape index (κ1) is 5.39. The zero-order valence-corrected chi connectivity index (χ0v) is 9.39. The SMILES string of the molecule is OC[C]12[CH]3[CH]4[CH]5[C]1(CO)[Fe]43521678[CH]2[CH]1[CH]6[CH]7[CH]28. The van der Waals surface area contributed by atoms with Crippen molar-refractivity contribution in [2.24, 2.45) is 0 Å². The molecule has 10 aliphatic rings. The normalized spacial score (nSPS) is 139. The fourth-order valence-electron chi connectivity index (χ4n) is 18.4. The van der Waals surface area contributed by atoms with E-state index in [4.69, 9.17) is 0 Å². The second-order valence-electron chi connectivity index (χ2n) is 10.4. The van der Waals surface area contributed by atoms with E-state index in [-0.39, 0.29) is 0 Å². The van der Waals surface area contributed by atoms with Gasteiger partial charge < -0.3 is 0 Å². The van der Waals surface area contributed by atoms with Gasteiger partial charge in [0, 0.05) is 0 Å². The number of hydrogen-bond donors (Lipinski definition) is 2. The Balaban J connectivity index is 1.90. The van der Waals surface area contributed by atoms with Gasteiger partial charge in [0.15, 0.2) is 0 Å². The molecule has 0 amide bonds. The van der Waals surface area contributed by atoms with Crippen LogP contribution >= 0.6 is 0 Å². The minimum atomic E-state index is -3.22. The maximum absolute atomic E-state index is 10.1. The van der Waals surface area contributed by atoms with Crippen LogP contribution in [0.5, 0.6) is 0 Å². The Morgan fingerprint density at radius 2 is 1.13 bits per heavy atom. The predicted molar refractivity (Wildman–Crippen MR) is 49.6 cm³/mol. The van der Waals surface area contributed by atoms with E-state index in [2.05, 4.69) is 0 Å². The molecule has 4 unspecified atom stereocenters. The van der Waals surface area contributed by atoms with Crippen LogP contribution in [0.1, 0.15) is 0 Å². The van der Waals surface area contributed by atoms with Crippen LogP contribution in [-0.4, -0.2) is 23.4 Å². The standard InChI is InChI=1S/C7H9O2.C5H5.Fe/c8-4-6-2-1-3-7(6)5-9;1-2-4-5-3-1;/h1-3,8-9H,4-5H2;1-5H;. The van der Waals surface area contributed by atoms with Gasteiger partial charge in [-0.2, -0.15) is 0 Å². The summed E-state index contributed by atoms with van der Waals surface area (Å²) in [5.74, 6) is 0. The molecule has 15 heavy (non-hydrogen) atoms. The molecule has 82 valence electrons. The van der Waals surface area contributed by atoms with Crippen LogP contribution in [0.3, 0.4) is 0 Å². The first-order chi connectivity index (χ1) is 7.06. The first-order valence-corrected chi connectivity index (χ1v) is 12.7. The summed E-state index contributed by atoms with van der Waals surface area (Å²) in [4.78, 5) is 9.53. The Bertz CT molecular complexity index is 852. The third kappa shape index (κ3) is 0.0410. The van der Waals surface area contributed by atoms with Gasteiger partial charge in [-0.25, -0.2) is 0 Å². The van der Waals surface area contributed by atoms with Gasteiger partial charge in [-0.05, 0) is 0 Å². The molecule has 0 aliphatic carbocycles. The Hall–Kier alpha value is 0.439. The van der Waals surface area contributed by atoms with Gasteiger partial charge in [-0.1, -0.05) is 0 Å². The average Bonchev–Trinajstić information content (AvgIpc) is 3.21. The van der Waals surface area contributed by atoms with Gasteiger partial charge in [0.05, 0.1) is 0 Å². The fourth-order valence-corrected chi connectivity index (χ4v) is 95.1. The van der Waals surface area contributed by atoms with Crippen molar-refractivity contribution < 1.29 is 16.7 Å². The maximum atomic E-state index is 10.1. The summed E-state index contributed by atoms with van der Waals surface area (Å²) in [6.45, 7) is -2.20. The zero-order chi connectivity index (χ0) is 9.35. The molecule has 2 N–H and O–H groups in total. The summed E-state index contributed by atoms with van der Waals surface area (Å²) in [6, 6.07) is 0. The molecule has 0 radical (unpaired) electrons. The fraction of sp³-hybridized carbons (Fsp3) is 1.00. The molecule has 0 aromatic carbocycles. The van der Waals surface area contributed by atoms with Gasteiger partial charge in [0.2, 0.25) is 0 Å². The van der Waals surface area contributed by atoms with Crippen LogP contribution in [0, 0.1) is 0 Å². The third-order valence-electron chi connectivity index (χ3n) is 16.0. The van der Waals surface area contributed by atoms with E-state index in [0.717, 1.165) is 9.63 Å². The van der Waals surface area contributed by atoms with Crippen molar-refractivity contribution in [3.63, 3.8) is 0 Å². The second-order valence-corrected chi connectivity index (χ2v) is 33.8. The first-order valence-electron chi connectivity index (χ1n) is 6.49. The molecule has 10 heterocycles. The van der Waals surface area contributed by atoms with E-state index in [9.17, 15) is 10.2 Å². The molecule has 0 bridgehead atoms. The van der Waals surface area contributed by atoms with Crippen molar-refractivity contribution >= 4 is 0 Å². The van der Waals surface area contributed by atoms with E-state index in [1.165, 1.54) is 28.9 Å². The number of aliphatic hydroxyl groups excluding tert-OH is 2. The summed E-state index contributed by atoms with van der Waals surface area (Å²) in [5.41, 5.74) is 0. The molecule has 10 aliphatic heterocycles. The monoisotopic (exact) mass is 246 g/mol. The van der Waals surface area contributed by atoms with Crippen LogP contribution in [0.25, 0.3) is 0 Å². The Kier molecular flexibility index (Phi) is 0.135. The number of aliphatic hydroxyl groups is 2. The third-order valence-corrected chi connectivity index (χ3v) is 59.9. The van der Waals surface area contributed by atoms with Gasteiger partial charge in [-0.3, -0.25) is 0 Å². The van der Waals surface area contributed by atoms with Gasteiger partial charge in [-0.15, -0.1) is 0 Å². The molecule has 0 aromatic rings.